The first kappa shape index (κ1) is 8.60. The second-order valence-electron chi connectivity index (χ2n) is 4.60. The predicted octanol–water partition coefficient (Wildman–Crippen LogP) is 2.24. The lowest BCUT2D eigenvalue weighted by atomic mass is 9.86. The third-order valence-corrected chi connectivity index (χ3v) is 3.02. The van der Waals surface area contributed by atoms with Crippen molar-refractivity contribution in [2.75, 3.05) is 12.4 Å². The molecule has 0 bridgehead atoms. The van der Waals surface area contributed by atoms with Gasteiger partial charge in [0.25, 0.3) is 0 Å². The first-order chi connectivity index (χ1) is 6.06. The van der Waals surface area contributed by atoms with E-state index in [-0.39, 0.29) is 5.41 Å². The van der Waals surface area contributed by atoms with Gasteiger partial charge >= 0.3 is 0 Å². The second-order valence-corrected chi connectivity index (χ2v) is 4.60. The van der Waals surface area contributed by atoms with E-state index in [0.717, 1.165) is 5.82 Å². The Hall–Kier alpha value is -0.990. The molecule has 1 aromatic rings. The van der Waals surface area contributed by atoms with Crippen LogP contribution in [0.25, 0.3) is 0 Å². The second kappa shape index (κ2) is 2.50. The molecule has 3 nitrogen and oxygen atoms in total. The van der Waals surface area contributed by atoms with Crippen LogP contribution in [0.1, 0.15) is 44.4 Å². The Balaban J connectivity index is 2.56. The molecular formula is C10H17N3. The molecule has 0 amide bonds. The smallest absolute Gasteiger partial charge is 0.151 e. The first-order valence-corrected chi connectivity index (χ1v) is 4.83. The summed E-state index contributed by atoms with van der Waals surface area (Å²) in [5, 5.41) is 10.5. The van der Waals surface area contributed by atoms with Gasteiger partial charge in [-0.05, 0) is 17.8 Å². The molecule has 0 aliphatic heterocycles. The highest BCUT2D eigenvalue weighted by atomic mass is 15.2. The van der Waals surface area contributed by atoms with Gasteiger partial charge in [-0.25, -0.2) is 0 Å². The average Bonchev–Trinajstić information content (AvgIpc) is 2.53. The van der Waals surface area contributed by atoms with Crippen molar-refractivity contribution in [2.24, 2.45) is 0 Å². The van der Waals surface area contributed by atoms with Gasteiger partial charge in [-0.3, -0.25) is 5.10 Å². The number of H-pyrrole nitrogens is 1. The summed E-state index contributed by atoms with van der Waals surface area (Å²) in [5.41, 5.74) is 2.96. The van der Waals surface area contributed by atoms with Crippen molar-refractivity contribution in [1.29, 1.82) is 0 Å². The minimum absolute atomic E-state index is 0.264. The van der Waals surface area contributed by atoms with Gasteiger partial charge in [0, 0.05) is 18.3 Å². The number of hydrogen-bond donors (Lipinski definition) is 2. The standard InChI is InChI=1S/C10H17N3/c1-6-5-10(2,3)7-8(6)12-13-9(7)11-4/h6H,5H2,1-4H3,(H2,11,12,13). The van der Waals surface area contributed by atoms with Crippen LogP contribution in [0.15, 0.2) is 0 Å². The zero-order valence-corrected chi connectivity index (χ0v) is 8.73. The number of nitrogens with one attached hydrogen (secondary N) is 2. The maximum absolute atomic E-state index is 4.27. The number of anilines is 1. The summed E-state index contributed by atoms with van der Waals surface area (Å²) in [6.07, 6.45) is 1.21. The monoisotopic (exact) mass is 179 g/mol. The highest BCUT2D eigenvalue weighted by Crippen LogP contribution is 2.47. The van der Waals surface area contributed by atoms with Gasteiger partial charge in [0.05, 0.1) is 0 Å². The lowest BCUT2D eigenvalue weighted by molar-refractivity contribution is 0.486. The summed E-state index contributed by atoms with van der Waals surface area (Å²) >= 11 is 0. The summed E-state index contributed by atoms with van der Waals surface area (Å²) in [7, 11) is 1.93. The van der Waals surface area contributed by atoms with Crippen LogP contribution in [-0.2, 0) is 5.41 Å². The molecule has 13 heavy (non-hydrogen) atoms. The molecule has 1 aromatic heterocycles. The normalized spacial score (nSPS) is 24.5. The van der Waals surface area contributed by atoms with E-state index < -0.39 is 0 Å². The van der Waals surface area contributed by atoms with Gasteiger partial charge in [-0.15, -0.1) is 0 Å². The van der Waals surface area contributed by atoms with Gasteiger partial charge < -0.3 is 5.32 Å². The van der Waals surface area contributed by atoms with Crippen molar-refractivity contribution in [3.63, 3.8) is 0 Å². The first-order valence-electron chi connectivity index (χ1n) is 4.83. The largest absolute Gasteiger partial charge is 0.371 e. The van der Waals surface area contributed by atoms with E-state index in [9.17, 15) is 0 Å². The Bertz CT molecular complexity index is 325. The number of rotatable bonds is 1. The van der Waals surface area contributed by atoms with Gasteiger partial charge in [0.2, 0.25) is 0 Å². The van der Waals surface area contributed by atoms with Gasteiger partial charge in [-0.2, -0.15) is 5.10 Å². The number of aromatic amines is 1. The van der Waals surface area contributed by atoms with E-state index in [1.54, 1.807) is 0 Å². The number of hydrogen-bond acceptors (Lipinski definition) is 2. The highest BCUT2D eigenvalue weighted by molar-refractivity contribution is 5.54. The van der Waals surface area contributed by atoms with Crippen molar-refractivity contribution >= 4 is 5.82 Å². The molecule has 2 rings (SSSR count). The molecule has 1 heterocycles. The van der Waals surface area contributed by atoms with Crippen LogP contribution >= 0.6 is 0 Å². The summed E-state index contributed by atoms with van der Waals surface area (Å²) < 4.78 is 0. The summed E-state index contributed by atoms with van der Waals surface area (Å²) in [6, 6.07) is 0. The number of aromatic nitrogens is 2. The number of nitrogens with zero attached hydrogens (tertiary/aromatic N) is 1. The molecular weight excluding hydrogens is 162 g/mol. The zero-order chi connectivity index (χ0) is 9.64. The van der Waals surface area contributed by atoms with Gasteiger partial charge in [0.1, 0.15) is 0 Å². The fourth-order valence-corrected chi connectivity index (χ4v) is 2.55. The Morgan fingerprint density at radius 3 is 2.85 bits per heavy atom. The quantitative estimate of drug-likeness (QED) is 0.694. The average molecular weight is 179 g/mol. The third-order valence-electron chi connectivity index (χ3n) is 3.02. The molecule has 1 aliphatic carbocycles. The maximum Gasteiger partial charge on any atom is 0.151 e. The molecule has 0 aromatic carbocycles. The van der Waals surface area contributed by atoms with E-state index >= 15 is 0 Å². The van der Waals surface area contributed by atoms with Crippen LogP contribution in [0.3, 0.4) is 0 Å². The van der Waals surface area contributed by atoms with E-state index in [4.69, 9.17) is 0 Å². The number of fused-ring (bicyclic) bond motifs is 1. The van der Waals surface area contributed by atoms with Crippen LogP contribution in [0, 0.1) is 0 Å². The molecule has 0 saturated carbocycles. The van der Waals surface area contributed by atoms with Gasteiger partial charge in [-0.1, -0.05) is 20.8 Å². The molecule has 3 heteroatoms. The topological polar surface area (TPSA) is 40.7 Å². The fraction of sp³-hybridized carbons (Fsp3) is 0.700. The van der Waals surface area contributed by atoms with Crippen molar-refractivity contribution in [3.8, 4) is 0 Å². The van der Waals surface area contributed by atoms with E-state index in [0.29, 0.717) is 5.92 Å². The fourth-order valence-electron chi connectivity index (χ4n) is 2.55. The predicted molar refractivity (Wildman–Crippen MR) is 54.2 cm³/mol. The van der Waals surface area contributed by atoms with Crippen molar-refractivity contribution < 1.29 is 0 Å². The third kappa shape index (κ3) is 1.06. The highest BCUT2D eigenvalue weighted by Gasteiger charge is 2.38. The minimum Gasteiger partial charge on any atom is -0.371 e. The Kier molecular flexibility index (Phi) is 1.65. The van der Waals surface area contributed by atoms with E-state index in [2.05, 4.69) is 36.3 Å². The summed E-state index contributed by atoms with van der Waals surface area (Å²) in [4.78, 5) is 0. The lowest BCUT2D eigenvalue weighted by Gasteiger charge is -2.19. The van der Waals surface area contributed by atoms with Crippen molar-refractivity contribution in [1.82, 2.24) is 10.2 Å². The Morgan fingerprint density at radius 2 is 2.23 bits per heavy atom. The van der Waals surface area contributed by atoms with Gasteiger partial charge in [0.15, 0.2) is 5.82 Å². The van der Waals surface area contributed by atoms with Crippen LogP contribution < -0.4 is 5.32 Å². The van der Waals surface area contributed by atoms with Crippen LogP contribution in [-0.4, -0.2) is 17.2 Å². The minimum atomic E-state index is 0.264. The molecule has 1 unspecified atom stereocenters. The molecule has 0 spiro atoms. The van der Waals surface area contributed by atoms with Crippen LogP contribution in [0.2, 0.25) is 0 Å². The lowest BCUT2D eigenvalue weighted by Crippen LogP contribution is -2.14. The maximum atomic E-state index is 4.27. The molecule has 0 fully saturated rings. The molecule has 2 N–H and O–H groups in total. The Morgan fingerprint density at radius 1 is 1.54 bits per heavy atom. The van der Waals surface area contributed by atoms with Crippen molar-refractivity contribution in [3.05, 3.63) is 11.3 Å². The van der Waals surface area contributed by atoms with Crippen LogP contribution in [0.5, 0.6) is 0 Å². The van der Waals surface area contributed by atoms with Crippen LogP contribution in [0.4, 0.5) is 5.82 Å². The Labute approximate surface area is 78.9 Å². The zero-order valence-electron chi connectivity index (χ0n) is 8.73. The molecule has 72 valence electrons. The van der Waals surface area contributed by atoms with Crippen molar-refractivity contribution in [2.45, 2.75) is 38.5 Å². The summed E-state index contributed by atoms with van der Waals surface area (Å²) in [5.74, 6) is 1.63. The van der Waals surface area contributed by atoms with E-state index in [1.807, 2.05) is 7.05 Å². The molecule has 0 radical (unpaired) electrons. The van der Waals surface area contributed by atoms with E-state index in [1.165, 1.54) is 17.7 Å². The molecule has 1 aliphatic rings. The summed E-state index contributed by atoms with van der Waals surface area (Å²) in [6.45, 7) is 6.82. The molecule has 1 atom stereocenters. The SMILES string of the molecule is CNc1n[nH]c2c1C(C)(C)CC2C. The molecule has 0 saturated heterocycles.